The predicted molar refractivity (Wildman–Crippen MR) is 38.7 cm³/mol. The highest BCUT2D eigenvalue weighted by atomic mass is 15.1. The van der Waals surface area contributed by atoms with Gasteiger partial charge in [-0.25, -0.2) is 0 Å². The summed E-state index contributed by atoms with van der Waals surface area (Å²) in [4.78, 5) is 0. The van der Waals surface area contributed by atoms with Gasteiger partial charge in [0.25, 0.3) is 0 Å². The van der Waals surface area contributed by atoms with Crippen molar-refractivity contribution < 1.29 is 0 Å². The van der Waals surface area contributed by atoms with Gasteiger partial charge >= 0.3 is 0 Å². The standard InChI is InChI=1S/C7H11N3/c1-2-9-10-7(1)3-6-4-8-5-6/h1-2,6,8H,3-5H2,(H,9,10). The zero-order valence-electron chi connectivity index (χ0n) is 5.80. The highest BCUT2D eigenvalue weighted by molar-refractivity contribution is 5.00. The van der Waals surface area contributed by atoms with Crippen LogP contribution in [0.3, 0.4) is 0 Å². The summed E-state index contributed by atoms with van der Waals surface area (Å²) in [5.74, 6) is 0.834. The zero-order chi connectivity index (χ0) is 6.81. The molecule has 2 N–H and O–H groups in total. The summed E-state index contributed by atoms with van der Waals surface area (Å²) in [7, 11) is 0. The lowest BCUT2D eigenvalue weighted by atomic mass is 9.98. The first-order chi connectivity index (χ1) is 4.95. The lowest BCUT2D eigenvalue weighted by Crippen LogP contribution is -2.43. The van der Waals surface area contributed by atoms with Crippen LogP contribution in [0.15, 0.2) is 12.3 Å². The molecule has 1 saturated heterocycles. The van der Waals surface area contributed by atoms with E-state index in [9.17, 15) is 0 Å². The number of H-pyrrole nitrogens is 1. The number of hydrogen-bond donors (Lipinski definition) is 2. The average Bonchev–Trinajstić information content (AvgIpc) is 2.29. The molecular weight excluding hydrogens is 126 g/mol. The minimum atomic E-state index is 0.834. The Morgan fingerprint density at radius 3 is 3.00 bits per heavy atom. The molecule has 0 spiro atoms. The Labute approximate surface area is 59.8 Å². The summed E-state index contributed by atoms with van der Waals surface area (Å²) in [5.41, 5.74) is 1.26. The van der Waals surface area contributed by atoms with Crippen LogP contribution in [0.4, 0.5) is 0 Å². The van der Waals surface area contributed by atoms with Crippen molar-refractivity contribution in [2.75, 3.05) is 13.1 Å². The van der Waals surface area contributed by atoms with Gasteiger partial charge in [-0.05, 0) is 31.5 Å². The lowest BCUT2D eigenvalue weighted by Gasteiger charge is -2.26. The first kappa shape index (κ1) is 5.92. The van der Waals surface area contributed by atoms with Crippen molar-refractivity contribution in [3.63, 3.8) is 0 Å². The van der Waals surface area contributed by atoms with Crippen LogP contribution < -0.4 is 5.32 Å². The largest absolute Gasteiger partial charge is 0.316 e. The van der Waals surface area contributed by atoms with Crippen LogP contribution in [0.5, 0.6) is 0 Å². The van der Waals surface area contributed by atoms with Gasteiger partial charge in [0.15, 0.2) is 0 Å². The maximum absolute atomic E-state index is 3.89. The third-order valence-electron chi connectivity index (χ3n) is 1.93. The van der Waals surface area contributed by atoms with Crippen molar-refractivity contribution in [2.24, 2.45) is 5.92 Å². The van der Waals surface area contributed by atoms with E-state index in [2.05, 4.69) is 15.5 Å². The molecule has 0 bridgehead atoms. The molecule has 0 aliphatic carbocycles. The second kappa shape index (κ2) is 2.42. The third kappa shape index (κ3) is 1.04. The molecule has 0 radical (unpaired) electrons. The monoisotopic (exact) mass is 137 g/mol. The summed E-state index contributed by atoms with van der Waals surface area (Å²) in [6.45, 7) is 2.33. The molecule has 0 aromatic carbocycles. The fourth-order valence-electron chi connectivity index (χ4n) is 1.20. The number of hydrogen-bond acceptors (Lipinski definition) is 2. The van der Waals surface area contributed by atoms with Gasteiger partial charge in [0.1, 0.15) is 0 Å². The van der Waals surface area contributed by atoms with Crippen molar-refractivity contribution in [3.8, 4) is 0 Å². The van der Waals surface area contributed by atoms with Crippen LogP contribution in [0, 0.1) is 5.92 Å². The van der Waals surface area contributed by atoms with Gasteiger partial charge in [-0.1, -0.05) is 0 Å². The molecule has 3 heteroatoms. The van der Waals surface area contributed by atoms with Gasteiger partial charge < -0.3 is 5.32 Å². The van der Waals surface area contributed by atoms with E-state index in [4.69, 9.17) is 0 Å². The predicted octanol–water partition coefficient (Wildman–Crippen LogP) is 0.172. The van der Waals surface area contributed by atoms with Gasteiger partial charge in [-0.3, -0.25) is 5.10 Å². The minimum absolute atomic E-state index is 0.834. The number of nitrogens with one attached hydrogen (secondary N) is 2. The fourth-order valence-corrected chi connectivity index (χ4v) is 1.20. The summed E-state index contributed by atoms with van der Waals surface area (Å²) in [6.07, 6.45) is 2.95. The van der Waals surface area contributed by atoms with E-state index >= 15 is 0 Å². The molecule has 54 valence electrons. The van der Waals surface area contributed by atoms with Crippen molar-refractivity contribution >= 4 is 0 Å². The fraction of sp³-hybridized carbons (Fsp3) is 0.571. The molecule has 2 rings (SSSR count). The van der Waals surface area contributed by atoms with Crippen molar-refractivity contribution in [3.05, 3.63) is 18.0 Å². The molecule has 1 aromatic rings. The van der Waals surface area contributed by atoms with Gasteiger partial charge in [-0.2, -0.15) is 5.10 Å². The van der Waals surface area contributed by atoms with E-state index in [1.807, 2.05) is 6.07 Å². The second-order valence-corrected chi connectivity index (χ2v) is 2.81. The number of aromatic nitrogens is 2. The molecule has 3 nitrogen and oxygen atoms in total. The van der Waals surface area contributed by atoms with Crippen LogP contribution in [0.25, 0.3) is 0 Å². The SMILES string of the molecule is c1cc(CC2CNC2)[nH]n1. The van der Waals surface area contributed by atoms with Crippen LogP contribution in [-0.2, 0) is 6.42 Å². The molecule has 2 heterocycles. The van der Waals surface area contributed by atoms with Crippen molar-refractivity contribution in [2.45, 2.75) is 6.42 Å². The smallest absolute Gasteiger partial charge is 0.0490 e. The van der Waals surface area contributed by atoms with E-state index in [1.165, 1.54) is 18.8 Å². The Bertz CT molecular complexity index is 189. The summed E-state index contributed by atoms with van der Waals surface area (Å²) < 4.78 is 0. The molecule has 1 aliphatic rings. The van der Waals surface area contributed by atoms with E-state index in [0.717, 1.165) is 12.3 Å². The highest BCUT2D eigenvalue weighted by Gasteiger charge is 2.16. The maximum Gasteiger partial charge on any atom is 0.0490 e. The number of nitrogens with zero attached hydrogens (tertiary/aromatic N) is 1. The molecule has 0 amide bonds. The van der Waals surface area contributed by atoms with Gasteiger partial charge in [0, 0.05) is 11.9 Å². The summed E-state index contributed by atoms with van der Waals surface area (Å²) >= 11 is 0. The van der Waals surface area contributed by atoms with E-state index in [0.29, 0.717) is 0 Å². The first-order valence-electron chi connectivity index (χ1n) is 3.64. The van der Waals surface area contributed by atoms with Crippen LogP contribution in [-0.4, -0.2) is 23.3 Å². The summed E-state index contributed by atoms with van der Waals surface area (Å²) in [6, 6.07) is 2.04. The first-order valence-corrected chi connectivity index (χ1v) is 3.64. The lowest BCUT2D eigenvalue weighted by molar-refractivity contribution is 0.344. The molecule has 1 aromatic heterocycles. The Kier molecular flexibility index (Phi) is 1.43. The molecule has 0 unspecified atom stereocenters. The topological polar surface area (TPSA) is 40.7 Å². The average molecular weight is 137 g/mol. The molecular formula is C7H11N3. The molecule has 1 fully saturated rings. The Balaban J connectivity index is 1.90. The maximum atomic E-state index is 3.89. The number of aromatic amines is 1. The van der Waals surface area contributed by atoms with Crippen molar-refractivity contribution in [1.82, 2.24) is 15.5 Å². The van der Waals surface area contributed by atoms with Gasteiger partial charge in [0.05, 0.1) is 0 Å². The van der Waals surface area contributed by atoms with Crippen LogP contribution in [0.1, 0.15) is 5.69 Å². The molecule has 0 saturated carbocycles. The molecule has 1 aliphatic heterocycles. The summed E-state index contributed by atoms with van der Waals surface area (Å²) in [5, 5.41) is 10.1. The Hall–Kier alpha value is -0.830. The molecule has 0 atom stereocenters. The van der Waals surface area contributed by atoms with Gasteiger partial charge in [-0.15, -0.1) is 0 Å². The van der Waals surface area contributed by atoms with E-state index in [1.54, 1.807) is 6.20 Å². The Morgan fingerprint density at radius 2 is 2.50 bits per heavy atom. The number of rotatable bonds is 2. The minimum Gasteiger partial charge on any atom is -0.316 e. The van der Waals surface area contributed by atoms with E-state index < -0.39 is 0 Å². The molecule has 10 heavy (non-hydrogen) atoms. The van der Waals surface area contributed by atoms with E-state index in [-0.39, 0.29) is 0 Å². The van der Waals surface area contributed by atoms with Crippen LogP contribution in [0.2, 0.25) is 0 Å². The second-order valence-electron chi connectivity index (χ2n) is 2.81. The van der Waals surface area contributed by atoms with Crippen LogP contribution >= 0.6 is 0 Å². The normalized spacial score (nSPS) is 18.8. The Morgan fingerprint density at radius 1 is 1.60 bits per heavy atom. The quantitative estimate of drug-likeness (QED) is 0.610. The van der Waals surface area contributed by atoms with Gasteiger partial charge in [0.2, 0.25) is 0 Å². The van der Waals surface area contributed by atoms with Crippen molar-refractivity contribution in [1.29, 1.82) is 0 Å². The zero-order valence-corrected chi connectivity index (χ0v) is 5.80. The highest BCUT2D eigenvalue weighted by Crippen LogP contribution is 2.09. The third-order valence-corrected chi connectivity index (χ3v) is 1.93.